The summed E-state index contributed by atoms with van der Waals surface area (Å²) in [5, 5.41) is 9.25. The fourth-order valence-corrected chi connectivity index (χ4v) is 2.33. The largest absolute Gasteiger partial charge is 0.478 e. The molecule has 5 nitrogen and oxygen atoms in total. The van der Waals surface area contributed by atoms with Gasteiger partial charge in [0.25, 0.3) is 0 Å². The summed E-state index contributed by atoms with van der Waals surface area (Å²) in [7, 11) is 0. The van der Waals surface area contributed by atoms with Gasteiger partial charge in [-0.2, -0.15) is 0 Å². The van der Waals surface area contributed by atoms with Gasteiger partial charge in [0.05, 0.1) is 17.8 Å². The third kappa shape index (κ3) is 3.28. The molecule has 5 heteroatoms. The molecule has 0 atom stereocenters. The predicted molar refractivity (Wildman–Crippen MR) is 77.5 cm³/mol. The molecule has 0 saturated carbocycles. The van der Waals surface area contributed by atoms with Crippen molar-refractivity contribution in [3.05, 3.63) is 23.4 Å². The second-order valence-corrected chi connectivity index (χ2v) is 6.13. The zero-order valence-electron chi connectivity index (χ0n) is 12.5. The average Bonchev–Trinajstić information content (AvgIpc) is 2.36. The van der Waals surface area contributed by atoms with E-state index in [-0.39, 0.29) is 11.5 Å². The zero-order chi connectivity index (χ0) is 14.9. The van der Waals surface area contributed by atoms with Crippen LogP contribution in [-0.2, 0) is 4.74 Å². The van der Waals surface area contributed by atoms with E-state index in [4.69, 9.17) is 4.74 Å². The summed E-state index contributed by atoms with van der Waals surface area (Å²) in [4.78, 5) is 18.0. The van der Waals surface area contributed by atoms with E-state index in [0.29, 0.717) is 18.7 Å². The molecule has 1 fully saturated rings. The van der Waals surface area contributed by atoms with Gasteiger partial charge < -0.3 is 14.7 Å². The molecular weight excluding hydrogens is 256 g/mol. The molecule has 0 unspecified atom stereocenters. The molecule has 1 aliphatic heterocycles. The van der Waals surface area contributed by atoms with E-state index in [0.717, 1.165) is 18.1 Å². The third-order valence-electron chi connectivity index (χ3n) is 3.42. The summed E-state index contributed by atoms with van der Waals surface area (Å²) in [6, 6.07) is 3.30. The van der Waals surface area contributed by atoms with Gasteiger partial charge in [-0.15, -0.1) is 0 Å². The number of anilines is 1. The molecule has 0 amide bonds. The van der Waals surface area contributed by atoms with Crippen LogP contribution in [0.25, 0.3) is 0 Å². The van der Waals surface area contributed by atoms with Crippen LogP contribution in [0.15, 0.2) is 12.1 Å². The number of aromatic nitrogens is 1. The van der Waals surface area contributed by atoms with Crippen LogP contribution in [0, 0.1) is 0 Å². The lowest BCUT2D eigenvalue weighted by atomic mass is 10.1. The van der Waals surface area contributed by atoms with Crippen molar-refractivity contribution in [2.24, 2.45) is 0 Å². The van der Waals surface area contributed by atoms with Crippen LogP contribution in [0.1, 0.15) is 49.7 Å². The molecule has 1 N–H and O–H groups in total. The van der Waals surface area contributed by atoms with Crippen LogP contribution >= 0.6 is 0 Å². The van der Waals surface area contributed by atoms with E-state index < -0.39 is 5.97 Å². The molecule has 0 aromatic carbocycles. The van der Waals surface area contributed by atoms with E-state index in [1.54, 1.807) is 12.1 Å². The summed E-state index contributed by atoms with van der Waals surface area (Å²) < 4.78 is 5.69. The van der Waals surface area contributed by atoms with Gasteiger partial charge in [0.2, 0.25) is 0 Å². The van der Waals surface area contributed by atoms with Crippen molar-refractivity contribution >= 4 is 11.8 Å². The standard InChI is InChI=1S/C15H22N2O3/c1-10(2)12-7-11(14(18)19)8-13(16-12)17-5-6-20-15(3,4)9-17/h7-8,10H,5-6,9H2,1-4H3,(H,18,19). The number of nitrogens with zero attached hydrogens (tertiary/aromatic N) is 2. The summed E-state index contributed by atoms with van der Waals surface area (Å²) in [5.41, 5.74) is 0.865. The molecular formula is C15H22N2O3. The van der Waals surface area contributed by atoms with Crippen molar-refractivity contribution in [1.82, 2.24) is 4.98 Å². The minimum atomic E-state index is -0.914. The Balaban J connectivity index is 2.37. The number of rotatable bonds is 3. The second-order valence-electron chi connectivity index (χ2n) is 6.13. The summed E-state index contributed by atoms with van der Waals surface area (Å²) in [6.45, 7) is 10.2. The second kappa shape index (κ2) is 5.40. The molecule has 1 aliphatic rings. The zero-order valence-corrected chi connectivity index (χ0v) is 12.5. The first kappa shape index (κ1) is 14.8. The Hall–Kier alpha value is -1.62. The van der Waals surface area contributed by atoms with Crippen LogP contribution < -0.4 is 4.90 Å². The summed E-state index contributed by atoms with van der Waals surface area (Å²) in [5.74, 6) is 0.00939. The Morgan fingerprint density at radius 3 is 2.70 bits per heavy atom. The number of hydrogen-bond acceptors (Lipinski definition) is 4. The van der Waals surface area contributed by atoms with Crippen molar-refractivity contribution in [3.8, 4) is 0 Å². The van der Waals surface area contributed by atoms with Crippen LogP contribution in [-0.4, -0.2) is 41.4 Å². The molecule has 0 bridgehead atoms. The van der Waals surface area contributed by atoms with Gasteiger partial charge in [0.15, 0.2) is 0 Å². The van der Waals surface area contributed by atoms with E-state index in [9.17, 15) is 9.90 Å². The van der Waals surface area contributed by atoms with Gasteiger partial charge in [0.1, 0.15) is 5.82 Å². The van der Waals surface area contributed by atoms with E-state index in [2.05, 4.69) is 9.88 Å². The molecule has 2 rings (SSSR count). The maximum Gasteiger partial charge on any atom is 0.335 e. The maximum absolute atomic E-state index is 11.3. The quantitative estimate of drug-likeness (QED) is 0.920. The topological polar surface area (TPSA) is 62.7 Å². The lowest BCUT2D eigenvalue weighted by molar-refractivity contribution is -0.0279. The van der Waals surface area contributed by atoms with Crippen molar-refractivity contribution in [3.63, 3.8) is 0 Å². The van der Waals surface area contributed by atoms with Gasteiger partial charge in [-0.1, -0.05) is 13.8 Å². The highest BCUT2D eigenvalue weighted by molar-refractivity contribution is 5.88. The lowest BCUT2D eigenvalue weighted by Gasteiger charge is -2.39. The summed E-state index contributed by atoms with van der Waals surface area (Å²) >= 11 is 0. The van der Waals surface area contributed by atoms with Crippen molar-refractivity contribution in [2.45, 2.75) is 39.2 Å². The van der Waals surface area contributed by atoms with E-state index in [1.165, 1.54) is 0 Å². The highest BCUT2D eigenvalue weighted by atomic mass is 16.5. The Labute approximate surface area is 119 Å². The molecule has 0 radical (unpaired) electrons. The van der Waals surface area contributed by atoms with Crippen LogP contribution in [0.5, 0.6) is 0 Å². The molecule has 1 saturated heterocycles. The highest BCUT2D eigenvalue weighted by Crippen LogP contribution is 2.25. The number of carboxylic acids is 1. The maximum atomic E-state index is 11.3. The van der Waals surface area contributed by atoms with Crippen LogP contribution in [0.3, 0.4) is 0 Å². The number of morpholine rings is 1. The number of ether oxygens (including phenoxy) is 1. The van der Waals surface area contributed by atoms with Gasteiger partial charge >= 0.3 is 5.97 Å². The van der Waals surface area contributed by atoms with Gasteiger partial charge in [-0.3, -0.25) is 0 Å². The Bertz CT molecular complexity index is 512. The minimum absolute atomic E-state index is 0.196. The summed E-state index contributed by atoms with van der Waals surface area (Å²) in [6.07, 6.45) is 0. The lowest BCUT2D eigenvalue weighted by Crippen LogP contribution is -2.48. The van der Waals surface area contributed by atoms with Crippen LogP contribution in [0.2, 0.25) is 0 Å². The molecule has 0 spiro atoms. The SMILES string of the molecule is CC(C)c1cc(C(=O)O)cc(N2CCOC(C)(C)C2)n1. The number of aromatic carboxylic acids is 1. The monoisotopic (exact) mass is 278 g/mol. The Kier molecular flexibility index (Phi) is 3.99. The van der Waals surface area contributed by atoms with E-state index >= 15 is 0 Å². The molecule has 1 aromatic heterocycles. The molecule has 1 aromatic rings. The molecule has 110 valence electrons. The first-order chi connectivity index (χ1) is 9.28. The molecule has 20 heavy (non-hydrogen) atoms. The molecule has 0 aliphatic carbocycles. The normalized spacial score (nSPS) is 18.4. The Morgan fingerprint density at radius 2 is 2.15 bits per heavy atom. The fraction of sp³-hybridized carbons (Fsp3) is 0.600. The number of hydrogen-bond donors (Lipinski definition) is 1. The fourth-order valence-electron chi connectivity index (χ4n) is 2.33. The van der Waals surface area contributed by atoms with Crippen LogP contribution in [0.4, 0.5) is 5.82 Å². The van der Waals surface area contributed by atoms with Gasteiger partial charge in [-0.05, 0) is 31.9 Å². The number of pyridine rings is 1. The minimum Gasteiger partial charge on any atom is -0.478 e. The molecule has 2 heterocycles. The average molecular weight is 278 g/mol. The number of carboxylic acid groups (broad SMARTS) is 1. The van der Waals surface area contributed by atoms with Crippen molar-refractivity contribution in [2.75, 3.05) is 24.6 Å². The van der Waals surface area contributed by atoms with Gasteiger partial charge in [-0.25, -0.2) is 9.78 Å². The number of carbonyl (C=O) groups is 1. The first-order valence-electron chi connectivity index (χ1n) is 6.93. The highest BCUT2D eigenvalue weighted by Gasteiger charge is 2.28. The smallest absolute Gasteiger partial charge is 0.335 e. The van der Waals surface area contributed by atoms with Gasteiger partial charge in [0, 0.05) is 18.8 Å². The third-order valence-corrected chi connectivity index (χ3v) is 3.42. The van der Waals surface area contributed by atoms with Crippen molar-refractivity contribution < 1.29 is 14.6 Å². The van der Waals surface area contributed by atoms with Crippen molar-refractivity contribution in [1.29, 1.82) is 0 Å². The van der Waals surface area contributed by atoms with E-state index in [1.807, 2.05) is 27.7 Å². The predicted octanol–water partition coefficient (Wildman–Crippen LogP) is 2.52. The first-order valence-corrected chi connectivity index (χ1v) is 6.93. The Morgan fingerprint density at radius 1 is 1.45 bits per heavy atom.